The first-order valence-electron chi connectivity index (χ1n) is 11.1. The van der Waals surface area contributed by atoms with Crippen LogP contribution in [0.5, 0.6) is 5.75 Å². The fraction of sp³-hybridized carbons (Fsp3) is 0.407. The van der Waals surface area contributed by atoms with Crippen molar-refractivity contribution in [2.24, 2.45) is 15.6 Å². The summed E-state index contributed by atoms with van der Waals surface area (Å²) in [6.45, 7) is 15.6. The number of nitrogens with two attached hydrogens (primary N) is 1. The van der Waals surface area contributed by atoms with Gasteiger partial charge in [-0.15, -0.1) is 0 Å². The molecule has 0 fully saturated rings. The zero-order valence-corrected chi connectivity index (χ0v) is 20.8. The molecule has 0 radical (unpaired) electrons. The zero-order chi connectivity index (χ0) is 25.0. The number of nitrogen functional groups attached to an aromatic ring is 1. The molecular formula is C27H37N5O. The van der Waals surface area contributed by atoms with Crippen LogP contribution in [-0.2, 0) is 10.8 Å². The van der Waals surface area contributed by atoms with Gasteiger partial charge in [-0.2, -0.15) is 10.2 Å². The Balaban J connectivity index is 0.000000405. The van der Waals surface area contributed by atoms with Crippen LogP contribution in [0, 0.1) is 16.2 Å². The lowest BCUT2D eigenvalue weighted by atomic mass is 9.70. The molecule has 0 spiro atoms. The first kappa shape index (κ1) is 26.0. The largest absolute Gasteiger partial charge is 0.505 e. The van der Waals surface area contributed by atoms with Crippen LogP contribution >= 0.6 is 0 Å². The molecule has 5 N–H and O–H groups in total. The van der Waals surface area contributed by atoms with Crippen molar-refractivity contribution in [1.82, 2.24) is 0 Å². The highest BCUT2D eigenvalue weighted by Gasteiger charge is 2.32. The van der Waals surface area contributed by atoms with Crippen LogP contribution < -0.4 is 5.73 Å². The third-order valence-electron chi connectivity index (χ3n) is 5.79. The van der Waals surface area contributed by atoms with E-state index in [4.69, 9.17) is 16.6 Å². The van der Waals surface area contributed by atoms with Gasteiger partial charge < -0.3 is 10.8 Å². The standard InChI is InChI=1S/C23H33NO.C4H4N4/c1-21(2,3)15-22(4,5)17-13-18(20(25)19(24)14-17)23(6,7)16-11-9-8-10-12-16;5-3-1-7-8-2-4(3)6/h8-14,25H,15,24H2,1-7H3;1-2,5-6H. The van der Waals surface area contributed by atoms with Crippen molar-refractivity contribution >= 4 is 29.5 Å². The van der Waals surface area contributed by atoms with E-state index in [0.717, 1.165) is 17.5 Å². The van der Waals surface area contributed by atoms with Crippen molar-refractivity contribution in [2.45, 2.75) is 65.7 Å². The summed E-state index contributed by atoms with van der Waals surface area (Å²) in [6.07, 6.45) is 3.51. The lowest BCUT2D eigenvalue weighted by Gasteiger charge is -2.35. The average Bonchev–Trinajstić information content (AvgIpc) is 2.71. The second-order valence-electron chi connectivity index (χ2n) is 10.9. The maximum Gasteiger partial charge on any atom is 0.142 e. The smallest absolute Gasteiger partial charge is 0.142 e. The normalized spacial score (nSPS) is 14.2. The number of phenolic OH excluding ortho intramolecular Hbond substituents is 1. The zero-order valence-electron chi connectivity index (χ0n) is 20.8. The number of hydrogen-bond acceptors (Lipinski definition) is 6. The topological polar surface area (TPSA) is 119 Å². The molecule has 0 saturated carbocycles. The van der Waals surface area contributed by atoms with E-state index < -0.39 is 0 Å². The van der Waals surface area contributed by atoms with Crippen LogP contribution in [0.15, 0.2) is 52.7 Å². The van der Waals surface area contributed by atoms with E-state index in [1.807, 2.05) is 24.3 Å². The van der Waals surface area contributed by atoms with E-state index in [-0.39, 0.29) is 33.4 Å². The summed E-state index contributed by atoms with van der Waals surface area (Å²) in [4.78, 5) is 0. The van der Waals surface area contributed by atoms with Crippen LogP contribution in [0.2, 0.25) is 0 Å². The Bertz CT molecular complexity index is 1050. The summed E-state index contributed by atoms with van der Waals surface area (Å²) in [5.74, 6) is 0.198. The second-order valence-corrected chi connectivity index (χ2v) is 10.9. The first-order valence-corrected chi connectivity index (χ1v) is 11.1. The lowest BCUT2D eigenvalue weighted by Crippen LogP contribution is -2.26. The maximum absolute atomic E-state index is 10.7. The summed E-state index contributed by atoms with van der Waals surface area (Å²) < 4.78 is 0. The van der Waals surface area contributed by atoms with E-state index >= 15 is 0 Å². The van der Waals surface area contributed by atoms with Gasteiger partial charge in [-0.05, 0) is 34.4 Å². The molecule has 2 aromatic rings. The third kappa shape index (κ3) is 6.60. The highest BCUT2D eigenvalue weighted by Crippen LogP contribution is 2.44. The van der Waals surface area contributed by atoms with Crippen molar-refractivity contribution in [1.29, 1.82) is 10.8 Å². The average molecular weight is 448 g/mol. The second kappa shape index (κ2) is 9.69. The predicted molar refractivity (Wildman–Crippen MR) is 141 cm³/mol. The summed E-state index contributed by atoms with van der Waals surface area (Å²) >= 11 is 0. The number of benzene rings is 2. The molecule has 1 aliphatic heterocycles. The van der Waals surface area contributed by atoms with Crippen LogP contribution in [0.3, 0.4) is 0 Å². The van der Waals surface area contributed by atoms with Gasteiger partial charge in [-0.1, -0.05) is 84.9 Å². The number of anilines is 1. The minimum absolute atomic E-state index is 0.0262. The Hall–Kier alpha value is -3.28. The van der Waals surface area contributed by atoms with Crippen LogP contribution in [0.4, 0.5) is 5.69 Å². The van der Waals surface area contributed by atoms with Gasteiger partial charge in [0.1, 0.15) is 17.2 Å². The summed E-state index contributed by atoms with van der Waals surface area (Å²) in [5.41, 5.74) is 9.97. The SMILES string of the molecule is CC(C)(C)CC(C)(C)c1cc(N)c(O)c(C(C)(C)c2ccccc2)c1.N=C1C=NN=CC1=N. The fourth-order valence-corrected chi connectivity index (χ4v) is 4.28. The molecule has 0 bridgehead atoms. The highest BCUT2D eigenvalue weighted by atomic mass is 16.3. The van der Waals surface area contributed by atoms with E-state index in [2.05, 4.69) is 76.9 Å². The van der Waals surface area contributed by atoms with Gasteiger partial charge in [0.15, 0.2) is 0 Å². The molecule has 2 aromatic carbocycles. The number of hydrogen-bond donors (Lipinski definition) is 4. The molecule has 1 aliphatic rings. The van der Waals surface area contributed by atoms with Crippen molar-refractivity contribution in [2.75, 3.05) is 5.73 Å². The summed E-state index contributed by atoms with van der Waals surface area (Å²) in [5, 5.41) is 31.3. The first-order chi connectivity index (χ1) is 15.1. The van der Waals surface area contributed by atoms with Gasteiger partial charge in [0.2, 0.25) is 0 Å². The van der Waals surface area contributed by atoms with Gasteiger partial charge in [0, 0.05) is 11.0 Å². The molecule has 0 unspecified atom stereocenters. The van der Waals surface area contributed by atoms with E-state index in [9.17, 15) is 5.11 Å². The fourth-order valence-electron chi connectivity index (χ4n) is 4.28. The van der Waals surface area contributed by atoms with Gasteiger partial charge in [0.25, 0.3) is 0 Å². The van der Waals surface area contributed by atoms with Crippen LogP contribution in [-0.4, -0.2) is 29.0 Å². The number of phenols is 1. The Morgan fingerprint density at radius 3 is 1.79 bits per heavy atom. The Kier molecular flexibility index (Phi) is 7.63. The third-order valence-corrected chi connectivity index (χ3v) is 5.79. The predicted octanol–water partition coefficient (Wildman–Crippen LogP) is 6.11. The molecular weight excluding hydrogens is 410 g/mol. The van der Waals surface area contributed by atoms with E-state index in [0.29, 0.717) is 5.69 Å². The molecule has 33 heavy (non-hydrogen) atoms. The molecule has 0 amide bonds. The molecule has 0 atom stereocenters. The van der Waals surface area contributed by atoms with Crippen LogP contribution in [0.25, 0.3) is 0 Å². The molecule has 176 valence electrons. The van der Waals surface area contributed by atoms with Crippen LogP contribution in [0.1, 0.15) is 71.6 Å². The lowest BCUT2D eigenvalue weighted by molar-refractivity contribution is 0.284. The molecule has 0 aliphatic carbocycles. The quantitative estimate of drug-likeness (QED) is 0.334. The monoisotopic (exact) mass is 447 g/mol. The number of nitrogens with one attached hydrogen (secondary N) is 2. The number of aromatic hydroxyl groups is 1. The minimum Gasteiger partial charge on any atom is -0.505 e. The molecule has 6 nitrogen and oxygen atoms in total. The van der Waals surface area contributed by atoms with E-state index in [1.165, 1.54) is 18.0 Å². The molecule has 1 heterocycles. The van der Waals surface area contributed by atoms with Gasteiger partial charge in [0.05, 0.1) is 18.1 Å². The molecule has 6 heteroatoms. The van der Waals surface area contributed by atoms with Gasteiger partial charge >= 0.3 is 0 Å². The summed E-state index contributed by atoms with van der Waals surface area (Å²) in [7, 11) is 0. The maximum atomic E-state index is 10.7. The molecule has 0 aromatic heterocycles. The van der Waals surface area contributed by atoms with Gasteiger partial charge in [-0.25, -0.2) is 0 Å². The number of rotatable bonds is 4. The van der Waals surface area contributed by atoms with Crippen molar-refractivity contribution in [3.8, 4) is 5.75 Å². The van der Waals surface area contributed by atoms with E-state index in [1.54, 1.807) is 0 Å². The highest BCUT2D eigenvalue weighted by molar-refractivity contribution is 6.74. The Labute approximate surface area is 197 Å². The summed E-state index contributed by atoms with van der Waals surface area (Å²) in [6, 6.07) is 14.4. The molecule has 0 saturated heterocycles. The molecule has 3 rings (SSSR count). The van der Waals surface area contributed by atoms with Crippen molar-refractivity contribution in [3.63, 3.8) is 0 Å². The number of nitrogens with zero attached hydrogens (tertiary/aromatic N) is 2. The van der Waals surface area contributed by atoms with Crippen molar-refractivity contribution < 1.29 is 5.11 Å². The van der Waals surface area contributed by atoms with Crippen molar-refractivity contribution in [3.05, 3.63) is 59.2 Å². The van der Waals surface area contributed by atoms with Gasteiger partial charge in [-0.3, -0.25) is 10.8 Å². The Morgan fingerprint density at radius 1 is 0.818 bits per heavy atom. The minimum atomic E-state index is -0.326. The Morgan fingerprint density at radius 2 is 1.33 bits per heavy atom.